The first-order chi connectivity index (χ1) is 12.1. The molecule has 3 rings (SSSR count). The molecule has 4 heteroatoms. The normalized spacial score (nSPS) is 15.8. The van der Waals surface area contributed by atoms with Crippen molar-refractivity contribution < 1.29 is 14.6 Å². The number of benzene rings is 2. The summed E-state index contributed by atoms with van der Waals surface area (Å²) in [6, 6.07) is 18.3. The van der Waals surface area contributed by atoms with Crippen molar-refractivity contribution in [3.05, 3.63) is 71.8 Å². The molecule has 1 heterocycles. The van der Waals surface area contributed by atoms with E-state index in [4.69, 9.17) is 4.74 Å². The lowest BCUT2D eigenvalue weighted by Crippen LogP contribution is -2.48. The van der Waals surface area contributed by atoms with Gasteiger partial charge in [0.05, 0.1) is 0 Å². The van der Waals surface area contributed by atoms with Crippen LogP contribution in [0.25, 0.3) is 0 Å². The van der Waals surface area contributed by atoms with Crippen molar-refractivity contribution in [2.75, 3.05) is 26.8 Å². The molecule has 2 aromatic carbocycles. The van der Waals surface area contributed by atoms with Gasteiger partial charge in [0.15, 0.2) is 5.60 Å². The highest BCUT2D eigenvalue weighted by atomic mass is 16.5. The highest BCUT2D eigenvalue weighted by Gasteiger charge is 2.42. The maximum absolute atomic E-state index is 13.3. The number of carbonyl (C=O) groups is 1. The number of nitrogens with zero attached hydrogens (tertiary/aromatic N) is 1. The zero-order chi connectivity index (χ0) is 17.7. The Morgan fingerprint density at radius 2 is 1.52 bits per heavy atom. The topological polar surface area (TPSA) is 49.8 Å². The average molecular weight is 339 g/mol. The molecule has 1 aliphatic rings. The molecule has 0 spiro atoms. The largest absolute Gasteiger partial charge is 0.381 e. The van der Waals surface area contributed by atoms with Gasteiger partial charge in [0, 0.05) is 26.8 Å². The number of carbonyl (C=O) groups excluding carboxylic acids is 1. The standard InChI is InChI=1S/C21H25NO3/c1-22(16-17-12-14-25-15-13-17)20(23)21(24,18-8-4-2-5-9-18)19-10-6-3-7-11-19/h2-11,17,24H,12-16H2,1H3. The molecular weight excluding hydrogens is 314 g/mol. The Bertz CT molecular complexity index is 641. The van der Waals surface area contributed by atoms with Crippen molar-refractivity contribution in [3.63, 3.8) is 0 Å². The van der Waals surface area contributed by atoms with Crippen LogP contribution in [-0.2, 0) is 15.1 Å². The zero-order valence-corrected chi connectivity index (χ0v) is 14.6. The molecule has 0 aromatic heterocycles. The number of aliphatic hydroxyl groups is 1. The molecule has 25 heavy (non-hydrogen) atoms. The number of amides is 1. The molecule has 0 radical (unpaired) electrons. The molecule has 0 aliphatic carbocycles. The van der Waals surface area contributed by atoms with Gasteiger partial charge >= 0.3 is 0 Å². The Kier molecular flexibility index (Phi) is 5.51. The van der Waals surface area contributed by atoms with E-state index < -0.39 is 5.60 Å². The van der Waals surface area contributed by atoms with Gasteiger partial charge in [-0.15, -0.1) is 0 Å². The number of hydrogen-bond donors (Lipinski definition) is 1. The second-order valence-corrected chi connectivity index (χ2v) is 6.68. The lowest BCUT2D eigenvalue weighted by Gasteiger charge is -2.34. The van der Waals surface area contributed by atoms with Crippen LogP contribution in [0.5, 0.6) is 0 Å². The number of rotatable bonds is 5. The van der Waals surface area contributed by atoms with Crippen LogP contribution in [0.3, 0.4) is 0 Å². The van der Waals surface area contributed by atoms with E-state index in [0.29, 0.717) is 23.6 Å². The fourth-order valence-electron chi connectivity index (χ4n) is 3.45. The van der Waals surface area contributed by atoms with E-state index in [9.17, 15) is 9.90 Å². The smallest absolute Gasteiger partial charge is 0.263 e. The maximum atomic E-state index is 13.3. The minimum absolute atomic E-state index is 0.295. The molecule has 0 bridgehead atoms. The molecular formula is C21H25NO3. The minimum atomic E-state index is -1.68. The molecule has 132 valence electrons. The van der Waals surface area contributed by atoms with Crippen molar-refractivity contribution in [2.45, 2.75) is 18.4 Å². The fourth-order valence-corrected chi connectivity index (χ4v) is 3.45. The SMILES string of the molecule is CN(CC1CCOCC1)C(=O)C(O)(c1ccccc1)c1ccccc1. The van der Waals surface area contributed by atoms with Crippen molar-refractivity contribution in [2.24, 2.45) is 5.92 Å². The Morgan fingerprint density at radius 1 is 1.04 bits per heavy atom. The molecule has 4 nitrogen and oxygen atoms in total. The van der Waals surface area contributed by atoms with Crippen LogP contribution in [0, 0.1) is 5.92 Å². The highest BCUT2D eigenvalue weighted by molar-refractivity contribution is 5.90. The lowest BCUT2D eigenvalue weighted by atomic mass is 9.84. The van der Waals surface area contributed by atoms with Crippen molar-refractivity contribution >= 4 is 5.91 Å². The predicted octanol–water partition coefficient (Wildman–Crippen LogP) is 2.81. The van der Waals surface area contributed by atoms with Crippen LogP contribution in [0.4, 0.5) is 0 Å². The van der Waals surface area contributed by atoms with Crippen molar-refractivity contribution in [3.8, 4) is 0 Å². The summed E-state index contributed by atoms with van der Waals surface area (Å²) in [5.41, 5.74) is -0.502. The predicted molar refractivity (Wildman–Crippen MR) is 97.1 cm³/mol. The lowest BCUT2D eigenvalue weighted by molar-refractivity contribution is -0.147. The van der Waals surface area contributed by atoms with Crippen LogP contribution in [0.15, 0.2) is 60.7 Å². The highest BCUT2D eigenvalue weighted by Crippen LogP contribution is 2.32. The van der Waals surface area contributed by atoms with E-state index in [1.807, 2.05) is 36.4 Å². The summed E-state index contributed by atoms with van der Waals surface area (Å²) in [5, 5.41) is 11.5. The third kappa shape index (κ3) is 3.75. The number of ether oxygens (including phenoxy) is 1. The Hall–Kier alpha value is -2.17. The Morgan fingerprint density at radius 3 is 2.00 bits per heavy atom. The van der Waals surface area contributed by atoms with Crippen LogP contribution in [0.1, 0.15) is 24.0 Å². The van der Waals surface area contributed by atoms with E-state index in [1.54, 1.807) is 36.2 Å². The van der Waals surface area contributed by atoms with Gasteiger partial charge in [-0.05, 0) is 29.9 Å². The quantitative estimate of drug-likeness (QED) is 0.911. The minimum Gasteiger partial charge on any atom is -0.381 e. The van der Waals surface area contributed by atoms with Gasteiger partial charge in [-0.25, -0.2) is 0 Å². The summed E-state index contributed by atoms with van der Waals surface area (Å²) >= 11 is 0. The second-order valence-electron chi connectivity index (χ2n) is 6.68. The van der Waals surface area contributed by atoms with Gasteiger partial charge in [0.1, 0.15) is 0 Å². The van der Waals surface area contributed by atoms with Gasteiger partial charge in [-0.2, -0.15) is 0 Å². The number of hydrogen-bond acceptors (Lipinski definition) is 3. The van der Waals surface area contributed by atoms with E-state index in [0.717, 1.165) is 26.1 Å². The third-order valence-corrected chi connectivity index (χ3v) is 4.91. The molecule has 0 unspecified atom stereocenters. The van der Waals surface area contributed by atoms with Crippen LogP contribution in [-0.4, -0.2) is 42.7 Å². The van der Waals surface area contributed by atoms with Crippen LogP contribution in [0.2, 0.25) is 0 Å². The van der Waals surface area contributed by atoms with Gasteiger partial charge in [0.2, 0.25) is 0 Å². The monoisotopic (exact) mass is 339 g/mol. The molecule has 0 saturated carbocycles. The van der Waals surface area contributed by atoms with Crippen molar-refractivity contribution in [1.29, 1.82) is 0 Å². The Labute approximate surface area is 149 Å². The summed E-state index contributed by atoms with van der Waals surface area (Å²) in [4.78, 5) is 14.9. The zero-order valence-electron chi connectivity index (χ0n) is 14.6. The summed E-state index contributed by atoms with van der Waals surface area (Å²) in [6.45, 7) is 2.12. The summed E-state index contributed by atoms with van der Waals surface area (Å²) < 4.78 is 5.39. The number of likely N-dealkylation sites (N-methyl/N-ethyl adjacent to an activating group) is 1. The average Bonchev–Trinajstić information content (AvgIpc) is 2.69. The van der Waals surface area contributed by atoms with E-state index in [-0.39, 0.29) is 5.91 Å². The summed E-state index contributed by atoms with van der Waals surface area (Å²) in [6.07, 6.45) is 1.90. The molecule has 2 aromatic rings. The van der Waals surface area contributed by atoms with Gasteiger partial charge in [-0.3, -0.25) is 4.79 Å². The van der Waals surface area contributed by atoms with Gasteiger partial charge in [0.25, 0.3) is 5.91 Å². The van der Waals surface area contributed by atoms with E-state index >= 15 is 0 Å². The third-order valence-electron chi connectivity index (χ3n) is 4.91. The van der Waals surface area contributed by atoms with Crippen molar-refractivity contribution in [1.82, 2.24) is 4.90 Å². The van der Waals surface area contributed by atoms with E-state index in [2.05, 4.69) is 0 Å². The molecule has 1 fully saturated rings. The fraction of sp³-hybridized carbons (Fsp3) is 0.381. The van der Waals surface area contributed by atoms with Crippen LogP contribution >= 0.6 is 0 Å². The summed E-state index contributed by atoms with van der Waals surface area (Å²) in [5.74, 6) is 0.120. The van der Waals surface area contributed by atoms with E-state index in [1.165, 1.54) is 0 Å². The Balaban J connectivity index is 1.90. The first-order valence-electron chi connectivity index (χ1n) is 8.79. The molecule has 1 saturated heterocycles. The maximum Gasteiger partial charge on any atom is 0.263 e. The van der Waals surface area contributed by atoms with Gasteiger partial charge in [-0.1, -0.05) is 60.7 Å². The first-order valence-corrected chi connectivity index (χ1v) is 8.79. The molecule has 1 amide bonds. The molecule has 1 aliphatic heterocycles. The van der Waals surface area contributed by atoms with Crippen LogP contribution < -0.4 is 0 Å². The van der Waals surface area contributed by atoms with Gasteiger partial charge < -0.3 is 14.7 Å². The molecule has 1 N–H and O–H groups in total. The first kappa shape index (κ1) is 17.6. The second kappa shape index (κ2) is 7.81. The summed E-state index contributed by atoms with van der Waals surface area (Å²) in [7, 11) is 1.77. The molecule has 0 atom stereocenters.